The van der Waals surface area contributed by atoms with Crippen molar-refractivity contribution in [3.63, 3.8) is 0 Å². The zero-order chi connectivity index (χ0) is 20.8. The fraction of sp³-hybridized carbons (Fsp3) is 0.316. The highest BCUT2D eigenvalue weighted by Crippen LogP contribution is 2.31. The summed E-state index contributed by atoms with van der Waals surface area (Å²) in [4.78, 5) is 24.8. The number of methoxy groups -OCH3 is 2. The summed E-state index contributed by atoms with van der Waals surface area (Å²) < 4.78 is 20.9. The van der Waals surface area contributed by atoms with Crippen molar-refractivity contribution in [3.8, 4) is 22.9 Å². The van der Waals surface area contributed by atoms with Crippen LogP contribution in [0.1, 0.15) is 17.3 Å². The average molecular weight is 416 g/mol. The lowest BCUT2D eigenvalue weighted by Crippen LogP contribution is -2.08. The molecule has 10 heteroatoms. The predicted octanol–water partition coefficient (Wildman–Crippen LogP) is 3.00. The van der Waals surface area contributed by atoms with Crippen molar-refractivity contribution >= 4 is 17.7 Å². The van der Waals surface area contributed by atoms with E-state index in [1.54, 1.807) is 25.3 Å². The third-order valence-electron chi connectivity index (χ3n) is 3.76. The molecule has 0 amide bonds. The van der Waals surface area contributed by atoms with Crippen molar-refractivity contribution in [2.45, 2.75) is 25.6 Å². The number of hydrogen-bond acceptors (Lipinski definition) is 10. The molecule has 0 unspecified atom stereocenters. The van der Waals surface area contributed by atoms with Gasteiger partial charge in [-0.25, -0.2) is 9.97 Å². The highest BCUT2D eigenvalue weighted by Gasteiger charge is 2.16. The third kappa shape index (κ3) is 5.44. The Labute approximate surface area is 171 Å². The maximum atomic E-state index is 12.0. The Morgan fingerprint density at radius 2 is 1.83 bits per heavy atom. The maximum absolute atomic E-state index is 12.0. The Balaban J connectivity index is 1.57. The van der Waals surface area contributed by atoms with E-state index in [1.165, 1.54) is 18.9 Å². The van der Waals surface area contributed by atoms with Crippen LogP contribution >= 0.6 is 11.8 Å². The minimum Gasteiger partial charge on any atom is -0.497 e. The maximum Gasteiger partial charge on any atom is 0.316 e. The molecule has 0 radical (unpaired) electrons. The molecule has 29 heavy (non-hydrogen) atoms. The summed E-state index contributed by atoms with van der Waals surface area (Å²) in [6.45, 7) is 3.63. The molecule has 152 valence electrons. The predicted molar refractivity (Wildman–Crippen MR) is 105 cm³/mol. The second-order valence-electron chi connectivity index (χ2n) is 5.96. The standard InChI is InChI=1S/C19H20N4O5S/c1-11-7-12(2)21-19(20-11)29-10-17(24)27-9-16-22-18(23-28-16)14-6-5-13(25-3)8-15(14)26-4/h5-8H,9-10H2,1-4H3. The van der Waals surface area contributed by atoms with Gasteiger partial charge in [0.1, 0.15) is 11.5 Å². The van der Waals surface area contributed by atoms with Crippen LogP contribution in [0.3, 0.4) is 0 Å². The Hall–Kier alpha value is -3.14. The van der Waals surface area contributed by atoms with Crippen molar-refractivity contribution in [2.24, 2.45) is 0 Å². The summed E-state index contributed by atoms with van der Waals surface area (Å²) >= 11 is 1.21. The van der Waals surface area contributed by atoms with Crippen LogP contribution in [0.15, 0.2) is 33.9 Å². The number of carbonyl (C=O) groups is 1. The first kappa shape index (κ1) is 20.6. The quantitative estimate of drug-likeness (QED) is 0.309. The molecule has 0 bridgehead atoms. The molecular weight excluding hydrogens is 396 g/mol. The summed E-state index contributed by atoms with van der Waals surface area (Å²) in [6, 6.07) is 7.12. The average Bonchev–Trinajstić information content (AvgIpc) is 3.18. The van der Waals surface area contributed by atoms with Crippen molar-refractivity contribution < 1.29 is 23.5 Å². The zero-order valence-corrected chi connectivity index (χ0v) is 17.3. The van der Waals surface area contributed by atoms with Crippen LogP contribution < -0.4 is 9.47 Å². The lowest BCUT2D eigenvalue weighted by Gasteiger charge is -2.07. The number of rotatable bonds is 8. The zero-order valence-electron chi connectivity index (χ0n) is 16.5. The van der Waals surface area contributed by atoms with E-state index < -0.39 is 5.97 Å². The van der Waals surface area contributed by atoms with Crippen LogP contribution in [0.4, 0.5) is 0 Å². The van der Waals surface area contributed by atoms with Gasteiger partial charge >= 0.3 is 5.97 Å². The van der Waals surface area contributed by atoms with Gasteiger partial charge in [0.25, 0.3) is 5.89 Å². The van der Waals surface area contributed by atoms with E-state index >= 15 is 0 Å². The van der Waals surface area contributed by atoms with Crippen molar-refractivity contribution in [1.29, 1.82) is 0 Å². The van der Waals surface area contributed by atoms with Crippen LogP contribution in [0.5, 0.6) is 11.5 Å². The number of ether oxygens (including phenoxy) is 3. The number of aromatic nitrogens is 4. The molecule has 1 aromatic carbocycles. The molecule has 0 aliphatic heterocycles. The number of carbonyl (C=O) groups excluding carboxylic acids is 1. The molecule has 9 nitrogen and oxygen atoms in total. The molecule has 2 heterocycles. The van der Waals surface area contributed by atoms with Gasteiger partial charge in [-0.15, -0.1) is 0 Å². The minimum absolute atomic E-state index is 0.0796. The van der Waals surface area contributed by atoms with E-state index in [0.29, 0.717) is 28.0 Å². The highest BCUT2D eigenvalue weighted by molar-refractivity contribution is 7.99. The Kier molecular flexibility index (Phi) is 6.65. The second-order valence-corrected chi connectivity index (χ2v) is 6.90. The van der Waals surface area contributed by atoms with Crippen LogP contribution in [0.2, 0.25) is 0 Å². The molecule has 0 aliphatic carbocycles. The van der Waals surface area contributed by atoms with Gasteiger partial charge in [0.2, 0.25) is 5.82 Å². The van der Waals surface area contributed by atoms with E-state index in [2.05, 4.69) is 20.1 Å². The summed E-state index contributed by atoms with van der Waals surface area (Å²) in [6.07, 6.45) is 0. The topological polar surface area (TPSA) is 109 Å². The second kappa shape index (κ2) is 9.37. The largest absolute Gasteiger partial charge is 0.497 e. The van der Waals surface area contributed by atoms with Gasteiger partial charge in [0.15, 0.2) is 11.8 Å². The van der Waals surface area contributed by atoms with E-state index in [1.807, 2.05) is 19.9 Å². The lowest BCUT2D eigenvalue weighted by molar-refractivity contribution is -0.142. The van der Waals surface area contributed by atoms with Gasteiger partial charge < -0.3 is 18.7 Å². The minimum atomic E-state index is -0.431. The molecular formula is C19H20N4O5S. The van der Waals surface area contributed by atoms with Crippen molar-refractivity contribution in [2.75, 3.05) is 20.0 Å². The lowest BCUT2D eigenvalue weighted by atomic mass is 10.2. The van der Waals surface area contributed by atoms with Crippen LogP contribution in [-0.2, 0) is 16.1 Å². The Morgan fingerprint density at radius 1 is 1.07 bits per heavy atom. The summed E-state index contributed by atoms with van der Waals surface area (Å²) in [5, 5.41) is 4.45. The normalized spacial score (nSPS) is 10.6. The van der Waals surface area contributed by atoms with Crippen molar-refractivity contribution in [1.82, 2.24) is 20.1 Å². The highest BCUT2D eigenvalue weighted by atomic mass is 32.2. The molecule has 0 aliphatic rings. The molecule has 0 N–H and O–H groups in total. The number of thioether (sulfide) groups is 1. The fourth-order valence-corrected chi connectivity index (χ4v) is 3.22. The Morgan fingerprint density at radius 3 is 2.52 bits per heavy atom. The molecule has 0 fully saturated rings. The van der Waals surface area contributed by atoms with E-state index in [-0.39, 0.29) is 18.3 Å². The smallest absolute Gasteiger partial charge is 0.316 e. The van der Waals surface area contributed by atoms with Crippen LogP contribution in [0.25, 0.3) is 11.4 Å². The number of esters is 1. The van der Waals surface area contributed by atoms with Gasteiger partial charge in [0, 0.05) is 17.5 Å². The molecule has 0 atom stereocenters. The summed E-state index contributed by atoms with van der Waals surface area (Å²) in [5.74, 6) is 1.34. The first-order chi connectivity index (χ1) is 14.0. The molecule has 3 aromatic rings. The molecule has 0 saturated heterocycles. The first-order valence-electron chi connectivity index (χ1n) is 8.64. The SMILES string of the molecule is COc1ccc(-c2noc(COC(=O)CSc3nc(C)cc(C)n3)n2)c(OC)c1. The molecule has 0 spiro atoms. The van der Waals surface area contributed by atoms with Crippen molar-refractivity contribution in [3.05, 3.63) is 41.5 Å². The van der Waals surface area contributed by atoms with Gasteiger partial charge in [-0.1, -0.05) is 16.9 Å². The molecule has 2 aromatic heterocycles. The number of hydrogen-bond donors (Lipinski definition) is 0. The van der Waals surface area contributed by atoms with E-state index in [9.17, 15) is 4.79 Å². The third-order valence-corrected chi connectivity index (χ3v) is 4.58. The van der Waals surface area contributed by atoms with E-state index in [0.717, 1.165) is 11.4 Å². The number of benzene rings is 1. The van der Waals surface area contributed by atoms with Gasteiger partial charge in [-0.05, 0) is 32.0 Å². The molecule has 3 rings (SSSR count). The van der Waals surface area contributed by atoms with Crippen LogP contribution in [0, 0.1) is 13.8 Å². The summed E-state index contributed by atoms with van der Waals surface area (Å²) in [7, 11) is 3.11. The van der Waals surface area contributed by atoms with E-state index in [4.69, 9.17) is 18.7 Å². The van der Waals surface area contributed by atoms with Gasteiger partial charge in [0.05, 0.1) is 25.5 Å². The number of nitrogens with zero attached hydrogens (tertiary/aromatic N) is 4. The van der Waals surface area contributed by atoms with Gasteiger partial charge in [-0.3, -0.25) is 4.79 Å². The number of aryl methyl sites for hydroxylation is 2. The fourth-order valence-electron chi connectivity index (χ4n) is 2.47. The molecule has 0 saturated carbocycles. The van der Waals surface area contributed by atoms with Crippen LogP contribution in [-0.4, -0.2) is 46.1 Å². The monoisotopic (exact) mass is 416 g/mol. The summed E-state index contributed by atoms with van der Waals surface area (Å²) in [5.41, 5.74) is 2.33. The van der Waals surface area contributed by atoms with Gasteiger partial charge in [-0.2, -0.15) is 4.98 Å². The first-order valence-corrected chi connectivity index (χ1v) is 9.62. The Bertz CT molecular complexity index is 988.